The molecule has 3 heterocycles. The van der Waals surface area contributed by atoms with E-state index in [0.717, 1.165) is 52.9 Å². The summed E-state index contributed by atoms with van der Waals surface area (Å²) >= 11 is 0. The second kappa shape index (κ2) is 7.66. The van der Waals surface area contributed by atoms with Crippen LogP contribution in [-0.4, -0.2) is 37.4 Å². The zero-order valence-corrected chi connectivity index (χ0v) is 17.3. The standard InChI is InChI=1S/C22H25N5O2/c1-5-6-10-19-17(16-9-7-8-11-18(16)29-19)13-26(4)21(28)20-24-22-23-14(2)12-15(3)27(22)25-20/h7-9,11-12H,5-6,10,13H2,1-4H3. The Labute approximate surface area is 169 Å². The molecule has 0 radical (unpaired) electrons. The minimum absolute atomic E-state index is 0.150. The van der Waals surface area contributed by atoms with Gasteiger partial charge >= 0.3 is 0 Å². The van der Waals surface area contributed by atoms with Crippen molar-refractivity contribution in [1.29, 1.82) is 0 Å². The van der Waals surface area contributed by atoms with Gasteiger partial charge in [-0.05, 0) is 32.4 Å². The normalized spacial score (nSPS) is 11.4. The molecule has 1 aromatic carbocycles. The Hall–Kier alpha value is -3.22. The van der Waals surface area contributed by atoms with Gasteiger partial charge in [-0.2, -0.15) is 4.98 Å². The number of aryl methyl sites for hydroxylation is 3. The van der Waals surface area contributed by atoms with Crippen LogP contribution < -0.4 is 0 Å². The van der Waals surface area contributed by atoms with E-state index in [0.29, 0.717) is 12.3 Å². The molecule has 7 nitrogen and oxygen atoms in total. The van der Waals surface area contributed by atoms with Crippen LogP contribution in [0.25, 0.3) is 16.7 Å². The minimum atomic E-state index is -0.237. The molecule has 0 atom stereocenters. The predicted molar refractivity (Wildman–Crippen MR) is 111 cm³/mol. The van der Waals surface area contributed by atoms with E-state index in [9.17, 15) is 4.79 Å². The maximum atomic E-state index is 13.0. The van der Waals surface area contributed by atoms with E-state index < -0.39 is 0 Å². The molecule has 0 N–H and O–H groups in total. The summed E-state index contributed by atoms with van der Waals surface area (Å²) in [5, 5.41) is 5.42. The van der Waals surface area contributed by atoms with Crippen molar-refractivity contribution < 1.29 is 9.21 Å². The summed E-state index contributed by atoms with van der Waals surface area (Å²) in [4.78, 5) is 23.4. The lowest BCUT2D eigenvalue weighted by molar-refractivity contribution is 0.0773. The minimum Gasteiger partial charge on any atom is -0.461 e. The first-order valence-electron chi connectivity index (χ1n) is 9.93. The Balaban J connectivity index is 1.64. The van der Waals surface area contributed by atoms with Crippen LogP contribution in [-0.2, 0) is 13.0 Å². The quantitative estimate of drug-likeness (QED) is 0.494. The van der Waals surface area contributed by atoms with Gasteiger partial charge in [0.05, 0.1) is 0 Å². The lowest BCUT2D eigenvalue weighted by atomic mass is 10.1. The number of nitrogens with zero attached hydrogens (tertiary/aromatic N) is 5. The number of fused-ring (bicyclic) bond motifs is 2. The van der Waals surface area contributed by atoms with E-state index in [1.165, 1.54) is 0 Å². The third-order valence-corrected chi connectivity index (χ3v) is 5.09. The second-order valence-corrected chi connectivity index (χ2v) is 7.45. The van der Waals surface area contributed by atoms with E-state index >= 15 is 0 Å². The maximum Gasteiger partial charge on any atom is 0.293 e. The summed E-state index contributed by atoms with van der Waals surface area (Å²) in [5.74, 6) is 1.30. The van der Waals surface area contributed by atoms with Gasteiger partial charge in [-0.3, -0.25) is 4.79 Å². The first kappa shape index (κ1) is 19.1. The molecule has 0 saturated carbocycles. The Morgan fingerprint density at radius 1 is 1.21 bits per heavy atom. The van der Waals surface area contributed by atoms with Crippen molar-refractivity contribution in [1.82, 2.24) is 24.5 Å². The SMILES string of the molecule is CCCCc1oc2ccccc2c1CN(C)C(=O)c1nc2nc(C)cc(C)n2n1. The molecular formula is C22H25N5O2. The molecule has 1 amide bonds. The van der Waals surface area contributed by atoms with Crippen LogP contribution in [0.4, 0.5) is 0 Å². The van der Waals surface area contributed by atoms with Crippen LogP contribution in [0.3, 0.4) is 0 Å². The highest BCUT2D eigenvalue weighted by molar-refractivity contribution is 5.91. The van der Waals surface area contributed by atoms with Gasteiger partial charge in [0.15, 0.2) is 0 Å². The Kier molecular flexibility index (Phi) is 5.05. The van der Waals surface area contributed by atoms with Gasteiger partial charge in [0.25, 0.3) is 11.7 Å². The number of unbranched alkanes of at least 4 members (excludes halogenated alkanes) is 1. The number of carbonyl (C=O) groups is 1. The summed E-state index contributed by atoms with van der Waals surface area (Å²) in [7, 11) is 1.77. The molecule has 0 aliphatic heterocycles. The molecular weight excluding hydrogens is 366 g/mol. The topological polar surface area (TPSA) is 76.5 Å². The molecule has 150 valence electrons. The maximum absolute atomic E-state index is 13.0. The highest BCUT2D eigenvalue weighted by atomic mass is 16.3. The number of amides is 1. The molecule has 0 saturated heterocycles. The van der Waals surface area contributed by atoms with Crippen LogP contribution in [0.1, 0.15) is 53.1 Å². The van der Waals surface area contributed by atoms with E-state index in [4.69, 9.17) is 4.42 Å². The molecule has 0 fully saturated rings. The largest absolute Gasteiger partial charge is 0.461 e. The van der Waals surface area contributed by atoms with Gasteiger partial charge in [0, 0.05) is 42.4 Å². The first-order valence-corrected chi connectivity index (χ1v) is 9.93. The monoisotopic (exact) mass is 391 g/mol. The van der Waals surface area contributed by atoms with Crippen LogP contribution in [0, 0.1) is 13.8 Å². The summed E-state index contributed by atoms with van der Waals surface area (Å²) in [6, 6.07) is 9.88. The second-order valence-electron chi connectivity index (χ2n) is 7.45. The molecule has 0 unspecified atom stereocenters. The molecule has 0 aliphatic rings. The highest BCUT2D eigenvalue weighted by Gasteiger charge is 2.22. The van der Waals surface area contributed by atoms with E-state index in [1.54, 1.807) is 16.5 Å². The van der Waals surface area contributed by atoms with Crippen molar-refractivity contribution in [2.45, 2.75) is 46.6 Å². The molecule has 7 heteroatoms. The van der Waals surface area contributed by atoms with Crippen LogP contribution >= 0.6 is 0 Å². The van der Waals surface area contributed by atoms with Crippen molar-refractivity contribution in [2.24, 2.45) is 0 Å². The third-order valence-electron chi connectivity index (χ3n) is 5.09. The molecule has 29 heavy (non-hydrogen) atoms. The fourth-order valence-electron chi connectivity index (χ4n) is 3.60. The lowest BCUT2D eigenvalue weighted by Gasteiger charge is -2.15. The third kappa shape index (κ3) is 3.60. The van der Waals surface area contributed by atoms with Crippen LogP contribution in [0.5, 0.6) is 0 Å². The fourth-order valence-corrected chi connectivity index (χ4v) is 3.60. The Morgan fingerprint density at radius 2 is 2.00 bits per heavy atom. The van der Waals surface area contributed by atoms with E-state index in [-0.39, 0.29) is 11.7 Å². The van der Waals surface area contributed by atoms with Crippen molar-refractivity contribution in [3.05, 3.63) is 58.9 Å². The molecule has 0 bridgehead atoms. The average Bonchev–Trinajstić information content (AvgIpc) is 3.27. The number of benzene rings is 1. The van der Waals surface area contributed by atoms with Gasteiger partial charge in [-0.25, -0.2) is 9.50 Å². The number of furan rings is 1. The molecule has 4 aromatic rings. The molecule has 0 spiro atoms. The number of carbonyl (C=O) groups excluding carboxylic acids is 1. The summed E-state index contributed by atoms with van der Waals surface area (Å²) < 4.78 is 7.69. The van der Waals surface area contributed by atoms with Gasteiger partial charge in [-0.15, -0.1) is 5.10 Å². The van der Waals surface area contributed by atoms with Gasteiger partial charge < -0.3 is 9.32 Å². The lowest BCUT2D eigenvalue weighted by Crippen LogP contribution is -2.27. The number of para-hydroxylation sites is 1. The number of hydrogen-bond donors (Lipinski definition) is 0. The van der Waals surface area contributed by atoms with Crippen LogP contribution in [0.15, 0.2) is 34.7 Å². The average molecular weight is 391 g/mol. The Bertz CT molecular complexity index is 1190. The van der Waals surface area contributed by atoms with Gasteiger partial charge in [-0.1, -0.05) is 31.5 Å². The molecule has 4 rings (SSSR count). The first-order chi connectivity index (χ1) is 14.0. The smallest absolute Gasteiger partial charge is 0.293 e. The zero-order chi connectivity index (χ0) is 20.5. The zero-order valence-electron chi connectivity index (χ0n) is 17.3. The van der Waals surface area contributed by atoms with E-state index in [1.807, 2.05) is 44.2 Å². The number of hydrogen-bond acceptors (Lipinski definition) is 5. The van der Waals surface area contributed by atoms with Crippen molar-refractivity contribution in [3.63, 3.8) is 0 Å². The van der Waals surface area contributed by atoms with Gasteiger partial charge in [0.1, 0.15) is 11.3 Å². The van der Waals surface area contributed by atoms with E-state index in [2.05, 4.69) is 22.0 Å². The number of aromatic nitrogens is 4. The molecule has 0 aliphatic carbocycles. The summed E-state index contributed by atoms with van der Waals surface area (Å²) in [6.07, 6.45) is 2.99. The van der Waals surface area contributed by atoms with Crippen LogP contribution in [0.2, 0.25) is 0 Å². The summed E-state index contributed by atoms with van der Waals surface area (Å²) in [5.41, 5.74) is 3.65. The number of rotatable bonds is 6. The molecule has 3 aromatic heterocycles. The van der Waals surface area contributed by atoms with Crippen molar-refractivity contribution in [3.8, 4) is 0 Å². The predicted octanol–water partition coefficient (Wildman–Crippen LogP) is 4.10. The van der Waals surface area contributed by atoms with Crippen molar-refractivity contribution in [2.75, 3.05) is 7.05 Å². The fraction of sp³-hybridized carbons (Fsp3) is 0.364. The Morgan fingerprint density at radius 3 is 2.79 bits per heavy atom. The van der Waals surface area contributed by atoms with Gasteiger partial charge in [0.2, 0.25) is 5.82 Å². The highest BCUT2D eigenvalue weighted by Crippen LogP contribution is 2.28. The van der Waals surface area contributed by atoms with Crippen molar-refractivity contribution >= 4 is 22.7 Å². The summed E-state index contributed by atoms with van der Waals surface area (Å²) in [6.45, 7) is 6.42.